The van der Waals surface area contributed by atoms with Gasteiger partial charge in [-0.3, -0.25) is 19.3 Å². The minimum atomic E-state index is -0.488. The number of ketones is 1. The Balaban J connectivity index is 1.46. The van der Waals surface area contributed by atoms with Crippen LogP contribution in [0.2, 0.25) is 0 Å². The van der Waals surface area contributed by atoms with E-state index in [1.54, 1.807) is 36.4 Å². The Labute approximate surface area is 175 Å². The van der Waals surface area contributed by atoms with Crippen LogP contribution >= 0.6 is 23.5 Å². The zero-order valence-electron chi connectivity index (χ0n) is 15.1. The van der Waals surface area contributed by atoms with Crippen molar-refractivity contribution in [1.82, 2.24) is 4.90 Å². The standard InChI is InChI=1S/C22H15NO4S2/c24-18(15-7-3-1-4-8-15)14-23-21(25)19(29-22(23)26)13-16-11-12-20(27-16)28-17-9-5-2-6-10-17/h1-13H,14H2/b19-13-. The summed E-state index contributed by atoms with van der Waals surface area (Å²) in [6.07, 6.45) is 1.53. The number of furan rings is 1. The Hall–Kier alpha value is -3.03. The number of carbonyl (C=O) groups is 3. The maximum absolute atomic E-state index is 12.6. The van der Waals surface area contributed by atoms with E-state index in [0.717, 1.165) is 21.6 Å². The predicted octanol–water partition coefficient (Wildman–Crippen LogP) is 5.35. The summed E-state index contributed by atoms with van der Waals surface area (Å²) in [5.41, 5.74) is 0.462. The molecule has 2 amide bonds. The molecule has 0 saturated carbocycles. The van der Waals surface area contributed by atoms with E-state index < -0.39 is 11.1 Å². The normalized spacial score (nSPS) is 15.3. The number of imide groups is 1. The zero-order chi connectivity index (χ0) is 20.2. The molecule has 0 atom stereocenters. The number of hydrogen-bond acceptors (Lipinski definition) is 6. The first-order valence-electron chi connectivity index (χ1n) is 8.76. The second-order valence-corrected chi connectivity index (χ2v) is 8.20. The van der Waals surface area contributed by atoms with E-state index in [1.807, 2.05) is 36.4 Å². The molecule has 2 aromatic carbocycles. The number of Topliss-reactive ketones (excluding diaryl/α,β-unsaturated/α-hetero) is 1. The number of carbonyl (C=O) groups excluding carboxylic acids is 3. The molecule has 1 fully saturated rings. The predicted molar refractivity (Wildman–Crippen MR) is 113 cm³/mol. The molecule has 7 heteroatoms. The van der Waals surface area contributed by atoms with Crippen molar-refractivity contribution in [2.75, 3.05) is 6.54 Å². The van der Waals surface area contributed by atoms with Crippen LogP contribution in [-0.2, 0) is 4.79 Å². The van der Waals surface area contributed by atoms with Crippen molar-refractivity contribution in [1.29, 1.82) is 0 Å². The van der Waals surface area contributed by atoms with Crippen molar-refractivity contribution in [3.63, 3.8) is 0 Å². The van der Waals surface area contributed by atoms with Crippen molar-refractivity contribution >= 4 is 46.5 Å². The molecule has 0 aliphatic carbocycles. The number of nitrogens with zero attached hydrogens (tertiary/aromatic N) is 1. The van der Waals surface area contributed by atoms with Crippen LogP contribution in [0.1, 0.15) is 16.1 Å². The fourth-order valence-electron chi connectivity index (χ4n) is 2.70. The first-order valence-corrected chi connectivity index (χ1v) is 10.4. The minimum absolute atomic E-state index is 0.237. The van der Waals surface area contributed by atoms with E-state index in [0.29, 0.717) is 16.4 Å². The number of rotatable bonds is 6. The molecule has 0 bridgehead atoms. The molecule has 3 aromatic rings. The minimum Gasteiger partial charge on any atom is -0.450 e. The van der Waals surface area contributed by atoms with Gasteiger partial charge < -0.3 is 4.42 Å². The lowest BCUT2D eigenvalue weighted by Gasteiger charge is -2.11. The number of hydrogen-bond donors (Lipinski definition) is 0. The molecular weight excluding hydrogens is 406 g/mol. The van der Waals surface area contributed by atoms with Crippen molar-refractivity contribution in [2.24, 2.45) is 0 Å². The molecule has 29 heavy (non-hydrogen) atoms. The lowest BCUT2D eigenvalue weighted by atomic mass is 10.1. The maximum atomic E-state index is 12.6. The van der Waals surface area contributed by atoms with Gasteiger partial charge in [-0.25, -0.2) is 0 Å². The van der Waals surface area contributed by atoms with Gasteiger partial charge in [-0.15, -0.1) is 0 Å². The van der Waals surface area contributed by atoms with Crippen molar-refractivity contribution in [2.45, 2.75) is 9.99 Å². The van der Waals surface area contributed by atoms with Crippen molar-refractivity contribution in [3.05, 3.63) is 89.0 Å². The van der Waals surface area contributed by atoms with E-state index in [9.17, 15) is 14.4 Å². The highest BCUT2D eigenvalue weighted by atomic mass is 32.2. The second-order valence-electron chi connectivity index (χ2n) is 6.13. The fraction of sp³-hybridized carbons (Fsp3) is 0.0455. The molecule has 1 saturated heterocycles. The molecule has 0 radical (unpaired) electrons. The molecule has 1 aliphatic rings. The van der Waals surface area contributed by atoms with Gasteiger partial charge in [0.1, 0.15) is 5.76 Å². The topological polar surface area (TPSA) is 67.6 Å². The number of thioether (sulfide) groups is 1. The summed E-state index contributed by atoms with van der Waals surface area (Å²) in [6.45, 7) is -0.278. The molecule has 0 spiro atoms. The molecule has 4 rings (SSSR count). The van der Waals surface area contributed by atoms with Crippen LogP contribution in [0.5, 0.6) is 0 Å². The Bertz CT molecular complexity index is 1090. The van der Waals surface area contributed by atoms with Crippen LogP contribution in [0.3, 0.4) is 0 Å². The van der Waals surface area contributed by atoms with Crippen LogP contribution in [-0.4, -0.2) is 28.4 Å². The molecule has 0 N–H and O–H groups in total. The summed E-state index contributed by atoms with van der Waals surface area (Å²) < 4.78 is 5.74. The lowest BCUT2D eigenvalue weighted by Crippen LogP contribution is -2.33. The average molecular weight is 421 g/mol. The Kier molecular flexibility index (Phi) is 5.69. The third kappa shape index (κ3) is 4.52. The molecule has 144 valence electrons. The van der Waals surface area contributed by atoms with E-state index in [-0.39, 0.29) is 17.2 Å². The highest BCUT2D eigenvalue weighted by Gasteiger charge is 2.36. The highest BCUT2D eigenvalue weighted by molar-refractivity contribution is 8.18. The first-order chi connectivity index (χ1) is 14.1. The summed E-state index contributed by atoms with van der Waals surface area (Å²) in [4.78, 5) is 39.4. The van der Waals surface area contributed by atoms with Crippen LogP contribution in [0.4, 0.5) is 4.79 Å². The summed E-state index contributed by atoms with van der Waals surface area (Å²) in [5.74, 6) is -0.296. The van der Waals surface area contributed by atoms with Crippen molar-refractivity contribution in [3.8, 4) is 0 Å². The fourth-order valence-corrected chi connectivity index (χ4v) is 4.31. The van der Waals surface area contributed by atoms with E-state index in [1.165, 1.54) is 17.8 Å². The van der Waals surface area contributed by atoms with Gasteiger partial charge in [-0.1, -0.05) is 60.3 Å². The van der Waals surface area contributed by atoms with Crippen LogP contribution in [0, 0.1) is 0 Å². The Morgan fingerprint density at radius 1 is 0.966 bits per heavy atom. The van der Waals surface area contributed by atoms with Gasteiger partial charge in [0.25, 0.3) is 11.1 Å². The second kappa shape index (κ2) is 8.55. The smallest absolute Gasteiger partial charge is 0.293 e. The molecule has 5 nitrogen and oxygen atoms in total. The molecular formula is C22H15NO4S2. The van der Waals surface area contributed by atoms with Gasteiger partial charge >= 0.3 is 0 Å². The van der Waals surface area contributed by atoms with Gasteiger partial charge in [0.2, 0.25) is 0 Å². The third-order valence-electron chi connectivity index (χ3n) is 4.11. The number of benzene rings is 2. The van der Waals surface area contributed by atoms with Gasteiger partial charge in [-0.05, 0) is 36.0 Å². The Morgan fingerprint density at radius 3 is 2.38 bits per heavy atom. The van der Waals surface area contributed by atoms with Gasteiger partial charge in [0.15, 0.2) is 10.9 Å². The van der Waals surface area contributed by atoms with Crippen LogP contribution < -0.4 is 0 Å². The Morgan fingerprint density at radius 2 is 1.66 bits per heavy atom. The van der Waals surface area contributed by atoms with Gasteiger partial charge in [-0.2, -0.15) is 0 Å². The quantitative estimate of drug-likeness (QED) is 0.395. The zero-order valence-corrected chi connectivity index (χ0v) is 16.7. The summed E-state index contributed by atoms with van der Waals surface area (Å²) in [6, 6.07) is 21.9. The van der Waals surface area contributed by atoms with E-state index in [2.05, 4.69) is 0 Å². The van der Waals surface area contributed by atoms with Crippen LogP contribution in [0.15, 0.2) is 92.1 Å². The van der Waals surface area contributed by atoms with Crippen molar-refractivity contribution < 1.29 is 18.8 Å². The number of amides is 2. The van der Waals surface area contributed by atoms with Gasteiger partial charge in [0.05, 0.1) is 11.4 Å². The summed E-state index contributed by atoms with van der Waals surface area (Å²) in [7, 11) is 0. The highest BCUT2D eigenvalue weighted by Crippen LogP contribution is 2.34. The molecule has 2 heterocycles. The van der Waals surface area contributed by atoms with Gasteiger partial charge in [0, 0.05) is 16.5 Å². The summed E-state index contributed by atoms with van der Waals surface area (Å²) in [5, 5.41) is 0.219. The molecule has 0 unspecified atom stereocenters. The lowest BCUT2D eigenvalue weighted by molar-refractivity contribution is -0.122. The van der Waals surface area contributed by atoms with Crippen LogP contribution in [0.25, 0.3) is 6.08 Å². The average Bonchev–Trinajstić information content (AvgIpc) is 3.28. The largest absolute Gasteiger partial charge is 0.450 e. The molecule has 1 aliphatic heterocycles. The maximum Gasteiger partial charge on any atom is 0.293 e. The van der Waals surface area contributed by atoms with E-state index in [4.69, 9.17) is 4.42 Å². The SMILES string of the molecule is O=C(CN1C(=O)S/C(=C\c2ccc(Sc3ccccc3)o2)C1=O)c1ccccc1. The monoisotopic (exact) mass is 421 g/mol. The first kappa shape index (κ1) is 19.3. The summed E-state index contributed by atoms with van der Waals surface area (Å²) >= 11 is 2.27. The third-order valence-corrected chi connectivity index (χ3v) is 5.94. The van der Waals surface area contributed by atoms with E-state index >= 15 is 0 Å². The molecule has 1 aromatic heterocycles.